The van der Waals surface area contributed by atoms with Crippen molar-refractivity contribution in [2.45, 2.75) is 62.4 Å². The van der Waals surface area contributed by atoms with Crippen LogP contribution in [-0.4, -0.2) is 52.4 Å². The summed E-state index contributed by atoms with van der Waals surface area (Å²) < 4.78 is 33.2. The molecule has 1 unspecified atom stereocenters. The topological polar surface area (TPSA) is 50.8 Å². The van der Waals surface area contributed by atoms with Gasteiger partial charge in [-0.3, -0.25) is 0 Å². The van der Waals surface area contributed by atoms with Gasteiger partial charge in [-0.15, -0.1) is 0 Å². The Morgan fingerprint density at radius 2 is 1.56 bits per heavy atom. The van der Waals surface area contributed by atoms with Crippen LogP contribution in [0.5, 0.6) is 0 Å². The molecule has 2 fully saturated rings. The van der Waals surface area contributed by atoms with E-state index in [-0.39, 0.29) is 17.2 Å². The van der Waals surface area contributed by atoms with E-state index >= 15 is 0 Å². The Morgan fingerprint density at radius 1 is 1.03 bits per heavy atom. The minimum Gasteiger partial charge on any atom is -0.616 e. The predicted molar refractivity (Wildman–Crippen MR) is 142 cm³/mol. The normalized spacial score (nSPS) is 29.8. The first-order chi connectivity index (χ1) is 15.1. The summed E-state index contributed by atoms with van der Waals surface area (Å²) in [4.78, 5) is 0. The van der Waals surface area contributed by atoms with E-state index in [1.807, 2.05) is 26.0 Å². The van der Waals surface area contributed by atoms with Gasteiger partial charge in [-0.1, -0.05) is 104 Å². The van der Waals surface area contributed by atoms with E-state index in [2.05, 4.69) is 91.9 Å². The van der Waals surface area contributed by atoms with Gasteiger partial charge in [0.25, 0.3) is 8.32 Å². The van der Waals surface area contributed by atoms with Gasteiger partial charge in [-0.05, 0) is 40.4 Å². The lowest BCUT2D eigenvalue weighted by molar-refractivity contribution is -0.149. The van der Waals surface area contributed by atoms with Gasteiger partial charge in [0.05, 0.1) is 11.0 Å². The van der Waals surface area contributed by atoms with Gasteiger partial charge in [0.1, 0.15) is 18.0 Å². The molecular weight excluding hydrogens is 551 g/mol. The summed E-state index contributed by atoms with van der Waals surface area (Å²) in [6.07, 6.45) is -0.378. The summed E-state index contributed by atoms with van der Waals surface area (Å²) >= 11 is 1.26. The molecule has 0 spiro atoms. The smallest absolute Gasteiger partial charge is 0.261 e. The minimum absolute atomic E-state index is 0.131. The summed E-state index contributed by atoms with van der Waals surface area (Å²) in [6, 6.07) is 21.2. The van der Waals surface area contributed by atoms with Gasteiger partial charge in [-0.2, -0.15) is 0 Å². The molecule has 0 aromatic heterocycles. The molecule has 0 aliphatic carbocycles. The Morgan fingerprint density at radius 3 is 2.03 bits per heavy atom. The van der Waals surface area contributed by atoms with Crippen LogP contribution in [0.15, 0.2) is 60.7 Å². The van der Waals surface area contributed by atoms with E-state index < -0.39 is 30.0 Å². The molecule has 2 aromatic carbocycles. The van der Waals surface area contributed by atoms with Crippen molar-refractivity contribution in [3.05, 3.63) is 60.7 Å². The molecule has 32 heavy (non-hydrogen) atoms. The van der Waals surface area contributed by atoms with Crippen LogP contribution in [0.3, 0.4) is 0 Å². The van der Waals surface area contributed by atoms with Gasteiger partial charge < -0.3 is 18.5 Å². The molecule has 0 saturated carbocycles. The fourth-order valence-electron chi connectivity index (χ4n) is 5.16. The maximum absolute atomic E-state index is 13.5. The van der Waals surface area contributed by atoms with E-state index in [4.69, 9.17) is 13.9 Å². The number of benzene rings is 2. The zero-order valence-corrected chi connectivity index (χ0v) is 23.4. The molecule has 2 aliphatic rings. The van der Waals surface area contributed by atoms with Crippen LogP contribution in [0.2, 0.25) is 5.04 Å². The molecule has 0 amide bonds. The summed E-state index contributed by atoms with van der Waals surface area (Å²) in [5.74, 6) is -0.157. The van der Waals surface area contributed by atoms with Crippen molar-refractivity contribution in [1.29, 1.82) is 0 Å². The minimum atomic E-state index is -2.72. The van der Waals surface area contributed by atoms with Gasteiger partial charge in [0.15, 0.2) is 10.5 Å². The zero-order valence-electron chi connectivity index (χ0n) is 19.5. The fraction of sp³-hybridized carbons (Fsp3) is 0.520. The molecule has 174 valence electrons. The van der Waals surface area contributed by atoms with Crippen molar-refractivity contribution in [2.75, 3.05) is 16.8 Å². The average Bonchev–Trinajstić information content (AvgIpc) is 3.18. The van der Waals surface area contributed by atoms with E-state index in [1.54, 1.807) is 0 Å². The van der Waals surface area contributed by atoms with Crippen molar-refractivity contribution in [2.24, 2.45) is 0 Å². The van der Waals surface area contributed by atoms with Gasteiger partial charge in [-0.25, -0.2) is 0 Å². The average molecular weight is 585 g/mol. The Bertz CT molecular complexity index is 881. The lowest BCUT2D eigenvalue weighted by Crippen LogP contribution is -2.68. The van der Waals surface area contributed by atoms with E-state index in [0.29, 0.717) is 16.8 Å². The third kappa shape index (κ3) is 4.12. The van der Waals surface area contributed by atoms with Gasteiger partial charge in [0, 0.05) is 0 Å². The Balaban J connectivity index is 1.78. The number of rotatable bonds is 6. The zero-order chi connectivity index (χ0) is 23.2. The summed E-state index contributed by atoms with van der Waals surface area (Å²) in [5, 5.41) is 2.33. The predicted octanol–water partition coefficient (Wildman–Crippen LogP) is 4.02. The lowest BCUT2D eigenvalue weighted by Gasteiger charge is -2.45. The summed E-state index contributed by atoms with van der Waals surface area (Å²) in [5.41, 5.74) is 0. The van der Waals surface area contributed by atoms with E-state index in [9.17, 15) is 4.55 Å². The molecule has 2 saturated heterocycles. The Hall–Kier alpha value is -0.423. The van der Waals surface area contributed by atoms with Crippen LogP contribution in [0.1, 0.15) is 34.6 Å². The SMILES string of the molecule is CC1(C)O[C@H]2C[S+]([O-])[C@](CI)(CO[Si](c3ccccc3)(c3ccccc3)C(C)(C)C)[C@H]2O1. The Labute approximate surface area is 209 Å². The largest absolute Gasteiger partial charge is 0.616 e. The van der Waals surface area contributed by atoms with Crippen LogP contribution < -0.4 is 10.4 Å². The molecule has 4 nitrogen and oxygen atoms in total. The monoisotopic (exact) mass is 584 g/mol. The van der Waals surface area contributed by atoms with Crippen LogP contribution in [0.25, 0.3) is 0 Å². The maximum Gasteiger partial charge on any atom is 0.261 e. The van der Waals surface area contributed by atoms with Crippen molar-refractivity contribution in [1.82, 2.24) is 0 Å². The number of hydrogen-bond acceptors (Lipinski definition) is 4. The molecule has 7 heteroatoms. The first-order valence-electron chi connectivity index (χ1n) is 11.1. The molecule has 2 aromatic rings. The molecule has 0 radical (unpaired) electrons. The van der Waals surface area contributed by atoms with Crippen LogP contribution in [0, 0.1) is 0 Å². The molecule has 4 atom stereocenters. The third-order valence-electron chi connectivity index (χ3n) is 6.65. The number of fused-ring (bicyclic) bond motifs is 1. The van der Waals surface area contributed by atoms with E-state index in [0.717, 1.165) is 0 Å². The van der Waals surface area contributed by atoms with Gasteiger partial charge in [0.2, 0.25) is 0 Å². The van der Waals surface area contributed by atoms with Crippen molar-refractivity contribution < 1.29 is 18.5 Å². The fourth-order valence-corrected chi connectivity index (χ4v) is 13.2. The number of alkyl halides is 1. The number of halogens is 1. The standard InChI is InChI=1S/C25H33IO4SSi/c1-23(2,3)32(19-12-8-6-9-13-19,20-14-10-7-11-15-20)28-18-25(17-26)22-21(16-31(25)27)29-24(4,5)30-22/h6-15,21-22H,16-18H2,1-5H3/t21-,22-,25+,31?/m0/s1. The first-order valence-corrected chi connectivity index (χ1v) is 15.9. The van der Waals surface area contributed by atoms with E-state index in [1.165, 1.54) is 10.4 Å². The molecule has 2 aliphatic heterocycles. The summed E-state index contributed by atoms with van der Waals surface area (Å²) in [6.45, 7) is 11.1. The first kappa shape index (κ1) is 24.7. The van der Waals surface area contributed by atoms with Crippen LogP contribution in [-0.2, 0) is 25.1 Å². The van der Waals surface area contributed by atoms with Crippen molar-refractivity contribution in [3.63, 3.8) is 0 Å². The number of hydrogen-bond donors (Lipinski definition) is 0. The highest BCUT2D eigenvalue weighted by molar-refractivity contribution is 14.1. The highest BCUT2D eigenvalue weighted by atomic mass is 127. The molecule has 2 heterocycles. The van der Waals surface area contributed by atoms with Crippen LogP contribution >= 0.6 is 22.6 Å². The molecule has 0 N–H and O–H groups in total. The van der Waals surface area contributed by atoms with Crippen LogP contribution in [0.4, 0.5) is 0 Å². The summed E-state index contributed by atoms with van der Waals surface area (Å²) in [7, 11) is -2.72. The second kappa shape index (κ2) is 8.98. The molecule has 4 rings (SSSR count). The third-order valence-corrected chi connectivity index (χ3v) is 15.5. The highest BCUT2D eigenvalue weighted by Crippen LogP contribution is 2.47. The number of ether oxygens (including phenoxy) is 2. The highest BCUT2D eigenvalue weighted by Gasteiger charge is 2.66. The second-order valence-electron chi connectivity index (χ2n) is 10.3. The maximum atomic E-state index is 13.5. The lowest BCUT2D eigenvalue weighted by atomic mass is 10.0. The molecular formula is C25H33IO4SSi. The second-order valence-corrected chi connectivity index (χ2v) is 17.2. The van der Waals surface area contributed by atoms with Crippen molar-refractivity contribution in [3.8, 4) is 0 Å². The van der Waals surface area contributed by atoms with Crippen molar-refractivity contribution >= 4 is 52.5 Å². The Kier molecular flexibility index (Phi) is 6.93. The molecule has 0 bridgehead atoms. The quantitative estimate of drug-likeness (QED) is 0.223. The van der Waals surface area contributed by atoms with Gasteiger partial charge >= 0.3 is 0 Å².